The summed E-state index contributed by atoms with van der Waals surface area (Å²) in [6, 6.07) is 9.69. The Kier molecular flexibility index (Phi) is 4.85. The number of rotatable bonds is 6. The first-order valence-electron chi connectivity index (χ1n) is 6.72. The minimum Gasteiger partial charge on any atom is -0.481 e. The number of benzene rings is 1. The fourth-order valence-electron chi connectivity index (χ4n) is 2.06. The molecule has 0 saturated heterocycles. The lowest BCUT2D eigenvalue weighted by molar-refractivity contribution is -0.136. The number of nitrogens with zero attached hydrogens (tertiary/aromatic N) is 1. The molecule has 1 amide bonds. The van der Waals surface area contributed by atoms with Crippen molar-refractivity contribution in [3.8, 4) is 0 Å². The maximum absolute atomic E-state index is 11.0. The molecule has 0 aliphatic rings. The molecule has 6 heteroatoms. The molecule has 22 heavy (non-hydrogen) atoms. The highest BCUT2D eigenvalue weighted by atomic mass is 16.4. The van der Waals surface area contributed by atoms with Gasteiger partial charge in [0.2, 0.25) is 5.91 Å². The van der Waals surface area contributed by atoms with Gasteiger partial charge >= 0.3 is 5.97 Å². The van der Waals surface area contributed by atoms with Crippen LogP contribution in [0.5, 0.6) is 0 Å². The van der Waals surface area contributed by atoms with Crippen LogP contribution < -0.4 is 5.73 Å². The van der Waals surface area contributed by atoms with Crippen LogP contribution in [0.1, 0.15) is 39.7 Å². The van der Waals surface area contributed by atoms with E-state index >= 15 is 0 Å². The van der Waals surface area contributed by atoms with E-state index in [0.717, 1.165) is 0 Å². The zero-order valence-electron chi connectivity index (χ0n) is 11.8. The second kappa shape index (κ2) is 6.82. The zero-order valence-corrected chi connectivity index (χ0v) is 11.8. The number of aliphatic hydroxyl groups is 1. The molecule has 2 rings (SSSR count). The minimum atomic E-state index is -0.894. The van der Waals surface area contributed by atoms with Crippen LogP contribution in [-0.4, -0.2) is 27.1 Å². The number of hydrogen-bond donors (Lipinski definition) is 3. The van der Waals surface area contributed by atoms with E-state index in [1.165, 1.54) is 6.20 Å². The lowest BCUT2D eigenvalue weighted by Crippen LogP contribution is -2.11. The quantitative estimate of drug-likeness (QED) is 0.743. The van der Waals surface area contributed by atoms with Crippen LogP contribution in [0.15, 0.2) is 42.6 Å². The second-order valence-corrected chi connectivity index (χ2v) is 4.86. The molecule has 4 N–H and O–H groups in total. The summed E-state index contributed by atoms with van der Waals surface area (Å²) in [6.45, 7) is 0. The van der Waals surface area contributed by atoms with Gasteiger partial charge in [-0.05, 0) is 35.4 Å². The van der Waals surface area contributed by atoms with Crippen LogP contribution in [0, 0.1) is 0 Å². The van der Waals surface area contributed by atoms with Gasteiger partial charge in [0.15, 0.2) is 0 Å². The Morgan fingerprint density at radius 3 is 2.41 bits per heavy atom. The Morgan fingerprint density at radius 2 is 1.82 bits per heavy atom. The monoisotopic (exact) mass is 300 g/mol. The van der Waals surface area contributed by atoms with Crippen LogP contribution in [0.25, 0.3) is 0 Å². The molecule has 6 nitrogen and oxygen atoms in total. The van der Waals surface area contributed by atoms with E-state index in [0.29, 0.717) is 28.8 Å². The summed E-state index contributed by atoms with van der Waals surface area (Å²) in [4.78, 5) is 25.7. The van der Waals surface area contributed by atoms with Crippen LogP contribution in [-0.2, 0) is 11.2 Å². The Labute approximate surface area is 127 Å². The van der Waals surface area contributed by atoms with Crippen molar-refractivity contribution in [2.75, 3.05) is 0 Å². The van der Waals surface area contributed by atoms with E-state index in [1.807, 2.05) is 0 Å². The fourth-order valence-corrected chi connectivity index (χ4v) is 2.06. The number of aryl methyl sites for hydroxylation is 1. The summed E-state index contributed by atoms with van der Waals surface area (Å²) in [5.41, 5.74) is 7.37. The number of carbonyl (C=O) groups is 2. The topological polar surface area (TPSA) is 114 Å². The lowest BCUT2D eigenvalue weighted by Gasteiger charge is -2.12. The van der Waals surface area contributed by atoms with E-state index in [2.05, 4.69) is 4.98 Å². The number of aliphatic carboxylic acids is 1. The number of primary amides is 1. The van der Waals surface area contributed by atoms with Gasteiger partial charge in [0.25, 0.3) is 0 Å². The lowest BCUT2D eigenvalue weighted by atomic mass is 10.00. The highest BCUT2D eigenvalue weighted by Crippen LogP contribution is 2.22. The molecule has 0 aliphatic heterocycles. The summed E-state index contributed by atoms with van der Waals surface area (Å²) in [6.07, 6.45) is 0.942. The summed E-state index contributed by atoms with van der Waals surface area (Å²) >= 11 is 0. The van der Waals surface area contributed by atoms with Gasteiger partial charge in [0, 0.05) is 23.9 Å². The van der Waals surface area contributed by atoms with Crippen molar-refractivity contribution in [1.82, 2.24) is 4.98 Å². The van der Waals surface area contributed by atoms with Crippen molar-refractivity contribution >= 4 is 11.9 Å². The third kappa shape index (κ3) is 3.89. The smallest absolute Gasteiger partial charge is 0.303 e. The van der Waals surface area contributed by atoms with Crippen LogP contribution in [0.4, 0.5) is 0 Å². The van der Waals surface area contributed by atoms with Crippen molar-refractivity contribution in [2.45, 2.75) is 18.9 Å². The molecule has 1 unspecified atom stereocenters. The maximum atomic E-state index is 11.0. The van der Waals surface area contributed by atoms with Crippen molar-refractivity contribution in [3.05, 3.63) is 65.0 Å². The number of carbonyl (C=O) groups excluding carboxylic acids is 1. The first-order valence-corrected chi connectivity index (χ1v) is 6.72. The predicted octanol–water partition coefficient (Wildman–Crippen LogP) is 1.28. The SMILES string of the molecule is NC(=O)c1ccc(C(O)c2ccnc(CCC(=O)O)c2)cc1. The fraction of sp³-hybridized carbons (Fsp3) is 0.188. The molecular formula is C16H16N2O4. The molecule has 0 radical (unpaired) electrons. The first-order chi connectivity index (χ1) is 10.5. The van der Waals surface area contributed by atoms with Crippen molar-refractivity contribution < 1.29 is 19.8 Å². The van der Waals surface area contributed by atoms with Gasteiger partial charge in [-0.2, -0.15) is 0 Å². The Hall–Kier alpha value is -2.73. The molecule has 2 aromatic rings. The van der Waals surface area contributed by atoms with Gasteiger partial charge in [-0.3, -0.25) is 14.6 Å². The zero-order chi connectivity index (χ0) is 16.1. The average Bonchev–Trinajstić information content (AvgIpc) is 2.52. The van der Waals surface area contributed by atoms with E-state index < -0.39 is 18.0 Å². The summed E-state index contributed by atoms with van der Waals surface area (Å²) in [5, 5.41) is 19.1. The van der Waals surface area contributed by atoms with Gasteiger partial charge in [-0.15, -0.1) is 0 Å². The number of pyridine rings is 1. The van der Waals surface area contributed by atoms with Crippen molar-refractivity contribution in [1.29, 1.82) is 0 Å². The molecule has 1 aromatic carbocycles. The van der Waals surface area contributed by atoms with Crippen LogP contribution in [0.2, 0.25) is 0 Å². The molecule has 114 valence electrons. The van der Waals surface area contributed by atoms with Gasteiger partial charge in [0.05, 0.1) is 6.42 Å². The number of nitrogens with two attached hydrogens (primary N) is 1. The Bertz CT molecular complexity index is 683. The first kappa shape index (κ1) is 15.7. The Balaban J connectivity index is 2.17. The number of amides is 1. The normalized spacial score (nSPS) is 11.9. The van der Waals surface area contributed by atoms with E-state index in [9.17, 15) is 14.7 Å². The third-order valence-corrected chi connectivity index (χ3v) is 3.26. The van der Waals surface area contributed by atoms with Gasteiger partial charge < -0.3 is 15.9 Å². The molecular weight excluding hydrogens is 284 g/mol. The summed E-state index contributed by atoms with van der Waals surface area (Å²) < 4.78 is 0. The van der Waals surface area contributed by atoms with E-state index in [4.69, 9.17) is 10.8 Å². The third-order valence-electron chi connectivity index (χ3n) is 3.26. The summed E-state index contributed by atoms with van der Waals surface area (Å²) in [7, 11) is 0. The van der Waals surface area contributed by atoms with Crippen LogP contribution >= 0.6 is 0 Å². The minimum absolute atomic E-state index is 0.0140. The number of carboxylic acids is 1. The number of hydrogen-bond acceptors (Lipinski definition) is 4. The standard InChI is InChI=1S/C16H16N2O4/c17-16(22)11-3-1-10(2-4-11)15(21)12-7-8-18-13(9-12)5-6-14(19)20/h1-4,7-9,15,21H,5-6H2,(H2,17,22)(H,19,20). The van der Waals surface area contributed by atoms with Gasteiger partial charge in [0.1, 0.15) is 6.10 Å². The van der Waals surface area contributed by atoms with Crippen LogP contribution in [0.3, 0.4) is 0 Å². The molecule has 1 heterocycles. The maximum Gasteiger partial charge on any atom is 0.303 e. The Morgan fingerprint density at radius 1 is 1.14 bits per heavy atom. The molecule has 0 bridgehead atoms. The number of aromatic nitrogens is 1. The second-order valence-electron chi connectivity index (χ2n) is 4.86. The molecule has 0 aliphatic carbocycles. The van der Waals surface area contributed by atoms with Crippen molar-refractivity contribution in [3.63, 3.8) is 0 Å². The van der Waals surface area contributed by atoms with Crippen molar-refractivity contribution in [2.24, 2.45) is 5.73 Å². The number of carboxylic acid groups (broad SMARTS) is 1. The van der Waals surface area contributed by atoms with Gasteiger partial charge in [-0.25, -0.2) is 0 Å². The summed E-state index contributed by atoms with van der Waals surface area (Å²) in [5.74, 6) is -1.42. The molecule has 1 aromatic heterocycles. The molecule has 1 atom stereocenters. The highest BCUT2D eigenvalue weighted by Gasteiger charge is 2.12. The van der Waals surface area contributed by atoms with Gasteiger partial charge in [-0.1, -0.05) is 12.1 Å². The number of aliphatic hydroxyl groups excluding tert-OH is 1. The molecule has 0 saturated carbocycles. The van der Waals surface area contributed by atoms with E-state index in [-0.39, 0.29) is 6.42 Å². The molecule has 0 spiro atoms. The van der Waals surface area contributed by atoms with E-state index in [1.54, 1.807) is 36.4 Å². The largest absolute Gasteiger partial charge is 0.481 e. The average molecular weight is 300 g/mol. The predicted molar refractivity (Wildman–Crippen MR) is 79.2 cm³/mol. The molecule has 0 fully saturated rings. The highest BCUT2D eigenvalue weighted by molar-refractivity contribution is 5.92.